The van der Waals surface area contributed by atoms with Gasteiger partial charge in [0, 0.05) is 17.9 Å². The maximum Gasteiger partial charge on any atom is 0.331 e. The predicted octanol–water partition coefficient (Wildman–Crippen LogP) is 1.43. The van der Waals surface area contributed by atoms with Crippen molar-refractivity contribution in [3.05, 3.63) is 11.6 Å². The first-order chi connectivity index (χ1) is 17.9. The molecule has 0 aromatic heterocycles. The molecule has 6 rings (SSSR count). The molecule has 0 bridgehead atoms. The zero-order valence-corrected chi connectivity index (χ0v) is 22.7. The number of aliphatic hydroxyl groups is 5. The number of rotatable bonds is 3. The summed E-state index contributed by atoms with van der Waals surface area (Å²) in [4.78, 5) is 11.8. The minimum atomic E-state index is -1.36. The maximum atomic E-state index is 12.4. The molecule has 9 nitrogen and oxygen atoms in total. The summed E-state index contributed by atoms with van der Waals surface area (Å²) in [5, 5.41) is 54.6. The summed E-state index contributed by atoms with van der Waals surface area (Å²) in [7, 11) is 0. The first-order valence-electron chi connectivity index (χ1n) is 14.5. The van der Waals surface area contributed by atoms with Crippen LogP contribution in [0.3, 0.4) is 0 Å². The van der Waals surface area contributed by atoms with E-state index in [9.17, 15) is 30.3 Å². The first-order valence-corrected chi connectivity index (χ1v) is 14.5. The van der Waals surface area contributed by atoms with Crippen LogP contribution in [0.25, 0.3) is 0 Å². The van der Waals surface area contributed by atoms with Gasteiger partial charge in [-0.25, -0.2) is 4.79 Å². The number of cyclic esters (lactones) is 1. The highest BCUT2D eigenvalue weighted by atomic mass is 16.7. The van der Waals surface area contributed by atoms with Crippen LogP contribution in [0.5, 0.6) is 0 Å². The van der Waals surface area contributed by atoms with Crippen LogP contribution in [0.1, 0.15) is 72.1 Å². The molecular weight excluding hydrogens is 492 g/mol. The smallest absolute Gasteiger partial charge is 0.331 e. The number of aliphatic hydroxyl groups excluding tert-OH is 4. The van der Waals surface area contributed by atoms with E-state index >= 15 is 0 Å². The topological polar surface area (TPSA) is 146 Å². The van der Waals surface area contributed by atoms with E-state index in [-0.39, 0.29) is 46.6 Å². The van der Waals surface area contributed by atoms with Crippen LogP contribution >= 0.6 is 0 Å². The summed E-state index contributed by atoms with van der Waals surface area (Å²) in [6.07, 6.45) is 1.17. The van der Waals surface area contributed by atoms with Gasteiger partial charge in [-0.2, -0.15) is 0 Å². The Balaban J connectivity index is 1.19. The Hall–Kier alpha value is -1.07. The molecule has 1 saturated heterocycles. The van der Waals surface area contributed by atoms with Gasteiger partial charge in [0.15, 0.2) is 6.29 Å². The summed E-state index contributed by atoms with van der Waals surface area (Å²) >= 11 is 0. The molecule has 38 heavy (non-hydrogen) atoms. The average Bonchev–Trinajstić information content (AvgIpc) is 3.42. The molecule has 0 spiro atoms. The zero-order valence-electron chi connectivity index (χ0n) is 22.7. The monoisotopic (exact) mass is 536 g/mol. The fourth-order valence-corrected chi connectivity index (χ4v) is 9.86. The van der Waals surface area contributed by atoms with Crippen molar-refractivity contribution in [1.82, 2.24) is 0 Å². The van der Waals surface area contributed by atoms with E-state index in [4.69, 9.17) is 14.2 Å². The third-order valence-electron chi connectivity index (χ3n) is 12.2. The fraction of sp³-hybridized carbons (Fsp3) is 0.897. The van der Waals surface area contributed by atoms with Gasteiger partial charge in [-0.3, -0.25) is 0 Å². The zero-order chi connectivity index (χ0) is 27.2. The van der Waals surface area contributed by atoms with E-state index < -0.39 is 42.4 Å². The number of hydrogen-bond donors (Lipinski definition) is 5. The van der Waals surface area contributed by atoms with E-state index in [1.54, 1.807) is 13.0 Å². The van der Waals surface area contributed by atoms with Gasteiger partial charge in [-0.15, -0.1) is 0 Å². The lowest BCUT2D eigenvalue weighted by atomic mass is 9.42. The van der Waals surface area contributed by atoms with E-state index in [0.717, 1.165) is 37.7 Å². The molecule has 214 valence electrons. The number of esters is 1. The van der Waals surface area contributed by atoms with Gasteiger partial charge in [0.1, 0.15) is 24.9 Å². The van der Waals surface area contributed by atoms with Crippen molar-refractivity contribution in [3.8, 4) is 0 Å². The first kappa shape index (κ1) is 27.1. The summed E-state index contributed by atoms with van der Waals surface area (Å²) in [6.45, 7) is 6.35. The van der Waals surface area contributed by atoms with E-state index in [1.165, 1.54) is 0 Å². The normalized spacial score (nSPS) is 56.5. The van der Waals surface area contributed by atoms with Gasteiger partial charge in [0.25, 0.3) is 0 Å². The third kappa shape index (κ3) is 3.72. The molecule has 2 heterocycles. The minimum absolute atomic E-state index is 0.0826. The fourth-order valence-electron chi connectivity index (χ4n) is 9.86. The lowest BCUT2D eigenvalue weighted by molar-refractivity contribution is -0.315. The van der Waals surface area contributed by atoms with Gasteiger partial charge in [-0.05, 0) is 86.5 Å². The predicted molar refractivity (Wildman–Crippen MR) is 134 cm³/mol. The number of ether oxygens (including phenoxy) is 3. The number of carbonyl (C=O) groups excluding carboxylic acids is 1. The molecule has 0 radical (unpaired) electrons. The molecule has 5 fully saturated rings. The number of fused-ring (bicyclic) bond motifs is 5. The van der Waals surface area contributed by atoms with Crippen molar-refractivity contribution in [3.63, 3.8) is 0 Å². The molecule has 9 heteroatoms. The van der Waals surface area contributed by atoms with Gasteiger partial charge >= 0.3 is 5.97 Å². The van der Waals surface area contributed by atoms with Crippen LogP contribution in [0.4, 0.5) is 0 Å². The highest BCUT2D eigenvalue weighted by Gasteiger charge is 2.69. The van der Waals surface area contributed by atoms with Gasteiger partial charge in [-0.1, -0.05) is 13.8 Å². The largest absolute Gasteiger partial charge is 0.458 e. The van der Waals surface area contributed by atoms with Crippen molar-refractivity contribution < 1.29 is 44.5 Å². The molecule has 6 aliphatic rings. The van der Waals surface area contributed by atoms with Crippen molar-refractivity contribution >= 4 is 5.97 Å². The molecule has 0 aromatic carbocycles. The third-order valence-corrected chi connectivity index (χ3v) is 12.2. The lowest BCUT2D eigenvalue weighted by Crippen LogP contribution is -2.65. The van der Waals surface area contributed by atoms with Crippen molar-refractivity contribution in [2.24, 2.45) is 34.5 Å². The average molecular weight is 537 g/mol. The number of hydrogen-bond acceptors (Lipinski definition) is 9. The van der Waals surface area contributed by atoms with Crippen molar-refractivity contribution in [2.45, 2.75) is 121 Å². The van der Waals surface area contributed by atoms with E-state index in [0.29, 0.717) is 25.9 Å². The molecule has 14 atom stereocenters. The van der Waals surface area contributed by atoms with Crippen LogP contribution in [0.15, 0.2) is 11.6 Å². The van der Waals surface area contributed by atoms with Gasteiger partial charge in [0.05, 0.1) is 23.9 Å². The van der Waals surface area contributed by atoms with Gasteiger partial charge in [0.2, 0.25) is 0 Å². The Morgan fingerprint density at radius 3 is 2.42 bits per heavy atom. The summed E-state index contributed by atoms with van der Waals surface area (Å²) in [6, 6.07) is 0. The van der Waals surface area contributed by atoms with Crippen LogP contribution in [-0.2, 0) is 19.0 Å². The van der Waals surface area contributed by atoms with Crippen LogP contribution in [0, 0.1) is 34.5 Å². The second kappa shape index (κ2) is 9.23. The van der Waals surface area contributed by atoms with Crippen LogP contribution in [0.2, 0.25) is 0 Å². The molecule has 4 saturated carbocycles. The highest BCUT2D eigenvalue weighted by Crippen LogP contribution is 2.70. The van der Waals surface area contributed by atoms with Crippen LogP contribution < -0.4 is 0 Å². The van der Waals surface area contributed by atoms with Gasteiger partial charge < -0.3 is 39.7 Å². The molecule has 2 aliphatic heterocycles. The Morgan fingerprint density at radius 2 is 1.71 bits per heavy atom. The number of carbonyl (C=O) groups is 1. The highest BCUT2D eigenvalue weighted by molar-refractivity contribution is 5.85. The summed E-state index contributed by atoms with van der Waals surface area (Å²) in [5.74, 6) is 0.309. The molecular formula is C29H44O9. The Kier molecular flexibility index (Phi) is 6.58. The summed E-state index contributed by atoms with van der Waals surface area (Å²) in [5.41, 5.74) is -0.512. The van der Waals surface area contributed by atoms with E-state index in [1.807, 2.05) is 0 Å². The van der Waals surface area contributed by atoms with Crippen molar-refractivity contribution in [1.29, 1.82) is 0 Å². The van der Waals surface area contributed by atoms with E-state index in [2.05, 4.69) is 13.8 Å². The Bertz CT molecular complexity index is 985. The molecule has 4 aliphatic carbocycles. The Labute approximate surface area is 224 Å². The molecule has 0 amide bonds. The molecule has 5 N–H and O–H groups in total. The molecule has 0 unspecified atom stereocenters. The second-order valence-corrected chi connectivity index (χ2v) is 13.6. The SMILES string of the molecule is C[C@@H]1O[C@@H](O[C@@H]2C[C@H]3CC[C@@H]4[C@H](CC[C@]5(C)[C@@H](C6=CC(=O)OC6)CC[C@]45O)[C@@]3(C)[C@H](O)C2)[C@H](O)[C@H](O)[C@H]1O. The standard InChI is InChI=1S/C29H44O9/c1-14-23(32)24(33)25(34)26(37-14)38-17-11-16-4-5-20-19(28(16,3)21(30)12-17)6-8-27(2)18(7-9-29(20,27)35)15-10-22(31)36-13-15/h10,14,16-21,23-26,30,32-35H,4-9,11-13H2,1-3H3/t14-,16+,17+,18+,19-,20+,21+,23-,24+,25+,26-,27+,28-,29-/m0/s1. The van der Waals surface area contributed by atoms with Crippen molar-refractivity contribution in [2.75, 3.05) is 6.61 Å². The second-order valence-electron chi connectivity index (χ2n) is 13.6. The molecule has 0 aromatic rings. The quantitative estimate of drug-likeness (QED) is 0.267. The Morgan fingerprint density at radius 1 is 0.947 bits per heavy atom. The lowest BCUT2D eigenvalue weighted by Gasteiger charge is -2.64. The maximum absolute atomic E-state index is 12.4. The van der Waals surface area contributed by atoms with Crippen LogP contribution in [-0.4, -0.2) is 86.6 Å². The summed E-state index contributed by atoms with van der Waals surface area (Å²) < 4.78 is 17.0. The minimum Gasteiger partial charge on any atom is -0.458 e.